The number of nitrogens with zero attached hydrogens (tertiary/aromatic N) is 1. The van der Waals surface area contributed by atoms with Crippen molar-refractivity contribution >= 4 is 37.8 Å². The van der Waals surface area contributed by atoms with Gasteiger partial charge in [-0.25, -0.2) is 4.98 Å². The first-order valence-electron chi connectivity index (χ1n) is 2.92. The third kappa shape index (κ3) is 3.47. The third-order valence-corrected chi connectivity index (χ3v) is 2.11. The van der Waals surface area contributed by atoms with E-state index in [4.69, 9.17) is 11.6 Å². The highest BCUT2D eigenvalue weighted by atomic mass is 79.9. The molecule has 0 spiro atoms. The van der Waals surface area contributed by atoms with Crippen molar-refractivity contribution < 1.29 is 12.6 Å². The van der Waals surface area contributed by atoms with Crippen LogP contribution in [-0.2, 0) is 10.3 Å². The van der Waals surface area contributed by atoms with Crippen LogP contribution in [0.1, 0.15) is 0 Å². The molecule has 0 amide bonds. The molecule has 0 unspecified atom stereocenters. The van der Waals surface area contributed by atoms with Crippen LogP contribution >= 0.6 is 27.5 Å². The maximum atomic E-state index is 10.5. The second kappa shape index (κ2) is 3.79. The van der Waals surface area contributed by atoms with Crippen LogP contribution in [0.4, 0.5) is 0 Å². The Balaban J connectivity index is 3.08. The lowest BCUT2D eigenvalue weighted by Crippen LogP contribution is -2.19. The van der Waals surface area contributed by atoms with E-state index in [1.54, 1.807) is 0 Å². The Morgan fingerprint density at radius 3 is 2.77 bits per heavy atom. The summed E-state index contributed by atoms with van der Waals surface area (Å²) in [5, 5.41) is 4.56. The molecule has 0 bridgehead atoms. The van der Waals surface area contributed by atoms with E-state index in [1.807, 2.05) is 0 Å². The highest BCUT2D eigenvalue weighted by Crippen LogP contribution is 2.25. The van der Waals surface area contributed by atoms with E-state index in [0.717, 1.165) is 0 Å². The second-order valence-electron chi connectivity index (χ2n) is 2.02. The first-order chi connectivity index (χ1) is 5.88. The van der Waals surface area contributed by atoms with Gasteiger partial charge in [-0.3, -0.25) is 0 Å². The Morgan fingerprint density at radius 1 is 1.62 bits per heavy atom. The zero-order chi connectivity index (χ0) is 10.1. The quantitative estimate of drug-likeness (QED) is 0.825. The molecule has 8 heteroatoms. The molecule has 0 fully saturated rings. The topological polar surface area (TPSA) is 82.3 Å². The van der Waals surface area contributed by atoms with Crippen LogP contribution in [0.25, 0.3) is 0 Å². The maximum absolute atomic E-state index is 10.5. The fourth-order valence-corrected chi connectivity index (χ4v) is 1.46. The molecular formula is C5H4BrClN2O3S. The van der Waals surface area contributed by atoms with Crippen molar-refractivity contribution in [3.63, 3.8) is 0 Å². The number of hydrogen-bond acceptors (Lipinski definition) is 4. The molecule has 13 heavy (non-hydrogen) atoms. The molecule has 0 aliphatic carbocycles. The van der Waals surface area contributed by atoms with Crippen LogP contribution in [0.5, 0.6) is 5.75 Å². The molecule has 0 saturated carbocycles. The molecule has 0 radical (unpaired) electrons. The van der Waals surface area contributed by atoms with Crippen LogP contribution in [0.15, 0.2) is 16.7 Å². The monoisotopic (exact) mass is 286 g/mol. The molecule has 1 heterocycles. The molecule has 1 aromatic rings. The zero-order valence-corrected chi connectivity index (χ0v) is 9.23. The Hall–Kier alpha value is -0.370. The molecule has 0 aliphatic rings. The number of halogens is 2. The summed E-state index contributed by atoms with van der Waals surface area (Å²) in [6.45, 7) is 0. The lowest BCUT2D eigenvalue weighted by molar-refractivity contribution is 0.486. The van der Waals surface area contributed by atoms with E-state index >= 15 is 0 Å². The molecule has 1 rings (SSSR count). The standard InChI is InChI=1S/C5H4BrClN2O3S/c6-3-1-4(5(7)9-2-3)12-13(8,10)11/h1-2H,(H2,8,10,11). The molecule has 2 N–H and O–H groups in total. The average Bonchev–Trinajstić information content (AvgIpc) is 1.94. The number of aromatic nitrogens is 1. The van der Waals surface area contributed by atoms with Gasteiger partial charge < -0.3 is 4.18 Å². The predicted octanol–water partition coefficient (Wildman–Crippen LogP) is 1.08. The molecule has 72 valence electrons. The van der Waals surface area contributed by atoms with Crippen LogP contribution in [0, 0.1) is 0 Å². The first kappa shape index (κ1) is 10.7. The van der Waals surface area contributed by atoms with E-state index in [0.29, 0.717) is 4.47 Å². The Labute approximate surface area is 88.2 Å². The largest absolute Gasteiger partial charge is 0.380 e. The number of pyridine rings is 1. The van der Waals surface area contributed by atoms with Gasteiger partial charge in [-0.15, -0.1) is 0 Å². The van der Waals surface area contributed by atoms with Crippen molar-refractivity contribution in [2.75, 3.05) is 0 Å². The van der Waals surface area contributed by atoms with Gasteiger partial charge in [0.05, 0.1) is 0 Å². The highest BCUT2D eigenvalue weighted by Gasteiger charge is 2.10. The minimum Gasteiger partial charge on any atom is -0.368 e. The fourth-order valence-electron chi connectivity index (χ4n) is 0.588. The van der Waals surface area contributed by atoms with Gasteiger partial charge in [0, 0.05) is 16.7 Å². The van der Waals surface area contributed by atoms with Crippen molar-refractivity contribution in [1.82, 2.24) is 4.98 Å². The van der Waals surface area contributed by atoms with Crippen LogP contribution in [-0.4, -0.2) is 13.4 Å². The van der Waals surface area contributed by atoms with Crippen molar-refractivity contribution in [1.29, 1.82) is 0 Å². The Bertz CT molecular complexity index is 422. The van der Waals surface area contributed by atoms with Crippen LogP contribution in [0.3, 0.4) is 0 Å². The predicted molar refractivity (Wildman–Crippen MR) is 50.7 cm³/mol. The summed E-state index contributed by atoms with van der Waals surface area (Å²) in [4.78, 5) is 3.64. The van der Waals surface area contributed by atoms with Gasteiger partial charge in [0.2, 0.25) is 0 Å². The summed E-state index contributed by atoms with van der Waals surface area (Å²) in [6.07, 6.45) is 1.40. The Morgan fingerprint density at radius 2 is 2.23 bits per heavy atom. The summed E-state index contributed by atoms with van der Waals surface area (Å²) in [5.41, 5.74) is 0. The zero-order valence-electron chi connectivity index (χ0n) is 6.07. The van der Waals surface area contributed by atoms with Crippen molar-refractivity contribution in [3.8, 4) is 5.75 Å². The summed E-state index contributed by atoms with van der Waals surface area (Å²) < 4.78 is 25.9. The van der Waals surface area contributed by atoms with Gasteiger partial charge in [-0.1, -0.05) is 11.6 Å². The minimum absolute atomic E-state index is 0.0720. The lowest BCUT2D eigenvalue weighted by atomic mass is 10.5. The second-order valence-corrected chi connectivity index (χ2v) is 4.44. The smallest absolute Gasteiger partial charge is 0.368 e. The van der Waals surface area contributed by atoms with Gasteiger partial charge in [-0.05, 0) is 15.9 Å². The van der Waals surface area contributed by atoms with Crippen molar-refractivity contribution in [2.24, 2.45) is 5.14 Å². The summed E-state index contributed by atoms with van der Waals surface area (Å²) in [7, 11) is -4.06. The van der Waals surface area contributed by atoms with E-state index in [9.17, 15) is 8.42 Å². The molecule has 5 nitrogen and oxygen atoms in total. The molecule has 0 aliphatic heterocycles. The molecule has 0 saturated heterocycles. The van der Waals surface area contributed by atoms with Crippen molar-refractivity contribution in [2.45, 2.75) is 0 Å². The maximum Gasteiger partial charge on any atom is 0.380 e. The highest BCUT2D eigenvalue weighted by molar-refractivity contribution is 9.10. The van der Waals surface area contributed by atoms with Crippen LogP contribution < -0.4 is 9.32 Å². The molecule has 0 atom stereocenters. The fraction of sp³-hybridized carbons (Fsp3) is 0. The molecule has 1 aromatic heterocycles. The summed E-state index contributed by atoms with van der Waals surface area (Å²) in [5.74, 6) is -0.112. The lowest BCUT2D eigenvalue weighted by Gasteiger charge is -2.03. The van der Waals surface area contributed by atoms with E-state index in [1.165, 1.54) is 12.3 Å². The SMILES string of the molecule is NS(=O)(=O)Oc1cc(Br)cnc1Cl. The van der Waals surface area contributed by atoms with Gasteiger partial charge >= 0.3 is 10.3 Å². The van der Waals surface area contributed by atoms with E-state index in [2.05, 4.69) is 30.2 Å². The molecule has 0 aromatic carbocycles. The van der Waals surface area contributed by atoms with E-state index < -0.39 is 10.3 Å². The summed E-state index contributed by atoms with van der Waals surface area (Å²) in [6, 6.07) is 1.35. The first-order valence-corrected chi connectivity index (χ1v) is 5.56. The van der Waals surface area contributed by atoms with Crippen LogP contribution in [0.2, 0.25) is 5.15 Å². The molecular weight excluding hydrogens is 283 g/mol. The normalized spacial score (nSPS) is 11.3. The Kier molecular flexibility index (Phi) is 3.12. The van der Waals surface area contributed by atoms with Gasteiger partial charge in [0.1, 0.15) is 0 Å². The van der Waals surface area contributed by atoms with Gasteiger partial charge in [0.25, 0.3) is 0 Å². The van der Waals surface area contributed by atoms with Gasteiger partial charge in [-0.2, -0.15) is 13.6 Å². The minimum atomic E-state index is -4.06. The third-order valence-electron chi connectivity index (χ3n) is 0.979. The number of hydrogen-bond donors (Lipinski definition) is 1. The van der Waals surface area contributed by atoms with Crippen molar-refractivity contribution in [3.05, 3.63) is 21.9 Å². The number of nitrogens with two attached hydrogens (primary N) is 1. The summed E-state index contributed by atoms with van der Waals surface area (Å²) >= 11 is 8.59. The number of rotatable bonds is 2. The van der Waals surface area contributed by atoms with Gasteiger partial charge in [0.15, 0.2) is 10.9 Å². The average molecular weight is 288 g/mol. The van der Waals surface area contributed by atoms with E-state index in [-0.39, 0.29) is 10.9 Å².